The Hall–Kier alpha value is -2.87. The average molecular weight is 559 g/mol. The van der Waals surface area contributed by atoms with E-state index < -0.39 is 6.16 Å². The number of H-pyrrole nitrogens is 1. The van der Waals surface area contributed by atoms with Gasteiger partial charge in [0.05, 0.1) is 28.8 Å². The molecule has 1 amide bonds. The van der Waals surface area contributed by atoms with Crippen LogP contribution in [-0.2, 0) is 9.47 Å². The molecule has 0 unspecified atom stereocenters. The largest absolute Gasteiger partial charge is 0.514 e. The Labute approximate surface area is 220 Å². The smallest absolute Gasteiger partial charge is 0.434 e. The van der Waals surface area contributed by atoms with Gasteiger partial charge in [0.25, 0.3) is 11.8 Å². The predicted molar refractivity (Wildman–Crippen MR) is 132 cm³/mol. The quantitative estimate of drug-likeness (QED) is 0.408. The fourth-order valence-electron chi connectivity index (χ4n) is 3.71. The molecule has 4 heterocycles. The van der Waals surface area contributed by atoms with Crippen LogP contribution >= 0.6 is 34.5 Å². The highest BCUT2D eigenvalue weighted by atomic mass is 35.5. The maximum absolute atomic E-state index is 12.8. The van der Waals surface area contributed by atoms with Gasteiger partial charge < -0.3 is 33.9 Å². The zero-order chi connectivity index (χ0) is 26.0. The highest BCUT2D eigenvalue weighted by Gasteiger charge is 2.34. The minimum atomic E-state index is -0.861. The average Bonchev–Trinajstić information content (AvgIpc) is 3.53. The molecule has 3 aromatic heterocycles. The van der Waals surface area contributed by atoms with Crippen LogP contribution in [0.4, 0.5) is 9.93 Å². The van der Waals surface area contributed by atoms with E-state index in [0.717, 1.165) is 11.3 Å². The van der Waals surface area contributed by atoms with Gasteiger partial charge in [-0.1, -0.05) is 39.7 Å². The lowest BCUT2D eigenvalue weighted by Crippen LogP contribution is -2.55. The third-order valence-corrected chi connectivity index (χ3v) is 7.42. The molecule has 4 rings (SSSR count). The van der Waals surface area contributed by atoms with Gasteiger partial charge in [-0.2, -0.15) is 4.98 Å². The molecule has 0 aliphatic carbocycles. The number of carbonyl (C=O) groups excluding carboxylic acids is 2. The second kappa shape index (κ2) is 11.0. The lowest BCUT2D eigenvalue weighted by molar-refractivity contribution is 0.0540. The van der Waals surface area contributed by atoms with E-state index in [1.165, 1.54) is 0 Å². The lowest BCUT2D eigenvalue weighted by atomic mass is 10.0. The molecule has 36 heavy (non-hydrogen) atoms. The maximum Gasteiger partial charge on any atom is 0.514 e. The van der Waals surface area contributed by atoms with Crippen molar-refractivity contribution in [3.63, 3.8) is 0 Å². The standard InChI is InChI=1S/C21H24Cl2N6O6S/c1-5-33-21(31)34-19-16(18-25-10(3)28-35-18)27-20(36-19)29-7-6-11(12(8-29)32-4)26-17(30)15-14(23)13(22)9(2)24-15/h11-12,24H,5-8H2,1-4H3,(H,26,30)/t11-,12+/m1/s1. The van der Waals surface area contributed by atoms with Crippen LogP contribution < -0.4 is 15.0 Å². The number of amides is 1. The normalized spacial score (nSPS) is 17.8. The third kappa shape index (κ3) is 5.43. The zero-order valence-corrected chi connectivity index (χ0v) is 22.2. The predicted octanol–water partition coefficient (Wildman–Crippen LogP) is 4.00. The molecule has 1 aliphatic rings. The van der Waals surface area contributed by atoms with Gasteiger partial charge >= 0.3 is 6.16 Å². The maximum atomic E-state index is 12.8. The van der Waals surface area contributed by atoms with Crippen LogP contribution in [0, 0.1) is 13.8 Å². The summed E-state index contributed by atoms with van der Waals surface area (Å²) in [5.74, 6) is 0.164. The summed E-state index contributed by atoms with van der Waals surface area (Å²) in [6.07, 6.45) is -0.669. The Morgan fingerprint density at radius 1 is 1.28 bits per heavy atom. The molecule has 1 aliphatic heterocycles. The Balaban J connectivity index is 1.51. The Kier molecular flexibility index (Phi) is 8.03. The summed E-state index contributed by atoms with van der Waals surface area (Å²) in [5, 5.41) is 7.98. The topological polar surface area (TPSA) is 145 Å². The summed E-state index contributed by atoms with van der Waals surface area (Å²) >= 11 is 13.4. The summed E-state index contributed by atoms with van der Waals surface area (Å²) in [4.78, 5) is 38.5. The van der Waals surface area contributed by atoms with Crippen LogP contribution in [0.3, 0.4) is 0 Å². The molecular weight excluding hydrogens is 535 g/mol. The van der Waals surface area contributed by atoms with Gasteiger partial charge in [-0.05, 0) is 27.2 Å². The van der Waals surface area contributed by atoms with Crippen molar-refractivity contribution >= 4 is 51.7 Å². The molecule has 3 aromatic rings. The first kappa shape index (κ1) is 26.2. The number of methoxy groups -OCH3 is 1. The minimum absolute atomic E-state index is 0.122. The summed E-state index contributed by atoms with van der Waals surface area (Å²) < 4.78 is 21.2. The first-order valence-electron chi connectivity index (χ1n) is 11.0. The molecule has 0 aromatic carbocycles. The molecule has 194 valence electrons. The Bertz CT molecular complexity index is 1260. The van der Waals surface area contributed by atoms with Crippen molar-refractivity contribution in [3.8, 4) is 16.6 Å². The SMILES string of the molecule is CCOC(=O)Oc1sc(N2CC[C@@H](NC(=O)c3[nH]c(C)c(Cl)c3Cl)[C@@H](OC)C2)nc1-c1nc(C)no1. The summed E-state index contributed by atoms with van der Waals surface area (Å²) in [7, 11) is 1.57. The van der Waals surface area contributed by atoms with E-state index in [1.54, 1.807) is 27.9 Å². The molecule has 0 saturated carbocycles. The van der Waals surface area contributed by atoms with Crippen LogP contribution in [0.15, 0.2) is 4.52 Å². The molecule has 12 nitrogen and oxygen atoms in total. The highest BCUT2D eigenvalue weighted by molar-refractivity contribution is 7.18. The first-order valence-corrected chi connectivity index (χ1v) is 12.6. The second-order valence-electron chi connectivity index (χ2n) is 7.91. The van der Waals surface area contributed by atoms with E-state index in [1.807, 2.05) is 4.90 Å². The van der Waals surface area contributed by atoms with Crippen LogP contribution in [0.2, 0.25) is 10.0 Å². The summed E-state index contributed by atoms with van der Waals surface area (Å²) in [5.41, 5.74) is 1.06. The van der Waals surface area contributed by atoms with Crippen LogP contribution in [0.25, 0.3) is 11.6 Å². The van der Waals surface area contributed by atoms with Gasteiger partial charge in [0.1, 0.15) is 5.69 Å². The van der Waals surface area contributed by atoms with E-state index in [2.05, 4.69) is 25.4 Å². The van der Waals surface area contributed by atoms with Crippen molar-refractivity contribution in [1.82, 2.24) is 25.4 Å². The number of carbonyl (C=O) groups is 2. The molecule has 1 saturated heterocycles. The van der Waals surface area contributed by atoms with Crippen LogP contribution in [-0.4, -0.2) is 71.1 Å². The highest BCUT2D eigenvalue weighted by Crippen LogP contribution is 2.40. The second-order valence-corrected chi connectivity index (χ2v) is 9.60. The van der Waals surface area contributed by atoms with Crippen LogP contribution in [0.1, 0.15) is 35.4 Å². The van der Waals surface area contributed by atoms with Crippen molar-refractivity contribution in [2.75, 3.05) is 31.7 Å². The number of hydrogen-bond donors (Lipinski definition) is 2. The number of aryl methyl sites for hydroxylation is 2. The number of halogens is 2. The molecular formula is C21H24Cl2N6O6S. The molecule has 1 fully saturated rings. The van der Waals surface area contributed by atoms with Gasteiger partial charge in [-0.3, -0.25) is 4.79 Å². The molecule has 0 bridgehead atoms. The van der Waals surface area contributed by atoms with Gasteiger partial charge in [0.15, 0.2) is 16.6 Å². The van der Waals surface area contributed by atoms with Crippen molar-refractivity contribution in [1.29, 1.82) is 0 Å². The molecule has 2 N–H and O–H groups in total. The fraction of sp³-hybridized carbons (Fsp3) is 0.476. The van der Waals surface area contributed by atoms with Gasteiger partial charge in [0.2, 0.25) is 5.06 Å². The molecule has 15 heteroatoms. The van der Waals surface area contributed by atoms with E-state index in [9.17, 15) is 9.59 Å². The number of piperidine rings is 1. The monoisotopic (exact) mass is 558 g/mol. The van der Waals surface area contributed by atoms with E-state index in [0.29, 0.717) is 41.2 Å². The number of rotatable bonds is 7. The number of nitrogens with zero attached hydrogens (tertiary/aromatic N) is 4. The molecule has 0 radical (unpaired) electrons. The van der Waals surface area contributed by atoms with Gasteiger partial charge in [0, 0.05) is 25.9 Å². The van der Waals surface area contributed by atoms with Crippen molar-refractivity contribution < 1.29 is 28.3 Å². The minimum Gasteiger partial charge on any atom is -0.434 e. The number of thiazole rings is 1. The van der Waals surface area contributed by atoms with Crippen molar-refractivity contribution in [2.45, 2.75) is 39.3 Å². The molecule has 0 spiro atoms. The fourth-order valence-corrected chi connectivity index (χ4v) is 5.07. The number of anilines is 1. The third-order valence-electron chi connectivity index (χ3n) is 5.48. The van der Waals surface area contributed by atoms with E-state index in [4.69, 9.17) is 41.9 Å². The number of hydrogen-bond acceptors (Lipinski definition) is 11. The number of ether oxygens (including phenoxy) is 3. The van der Waals surface area contributed by atoms with E-state index in [-0.39, 0.29) is 52.0 Å². The van der Waals surface area contributed by atoms with Crippen molar-refractivity contribution in [3.05, 3.63) is 27.3 Å². The number of aromatic amines is 1. The first-order chi connectivity index (χ1) is 17.2. The van der Waals surface area contributed by atoms with Gasteiger partial charge in [-0.15, -0.1) is 0 Å². The van der Waals surface area contributed by atoms with Crippen LogP contribution in [0.5, 0.6) is 5.06 Å². The Morgan fingerprint density at radius 3 is 2.67 bits per heavy atom. The summed E-state index contributed by atoms with van der Waals surface area (Å²) in [6, 6.07) is -0.287. The zero-order valence-electron chi connectivity index (χ0n) is 19.9. The van der Waals surface area contributed by atoms with Gasteiger partial charge in [-0.25, -0.2) is 9.78 Å². The Morgan fingerprint density at radius 2 is 2.06 bits per heavy atom. The molecule has 2 atom stereocenters. The van der Waals surface area contributed by atoms with E-state index >= 15 is 0 Å². The summed E-state index contributed by atoms with van der Waals surface area (Å²) in [6.45, 7) is 6.19. The lowest BCUT2D eigenvalue weighted by Gasteiger charge is -2.37. The number of aromatic nitrogens is 4. The number of nitrogens with one attached hydrogen (secondary N) is 2. The van der Waals surface area contributed by atoms with Crippen molar-refractivity contribution in [2.24, 2.45) is 0 Å².